The van der Waals surface area contributed by atoms with Crippen LogP contribution in [-0.2, 0) is 6.42 Å². The van der Waals surface area contributed by atoms with Gasteiger partial charge in [0.15, 0.2) is 0 Å². The van der Waals surface area contributed by atoms with Gasteiger partial charge in [0.05, 0.1) is 6.10 Å². The van der Waals surface area contributed by atoms with Gasteiger partial charge >= 0.3 is 0 Å². The SMILES string of the molecule is Cc1cccc(CCC(O)CCC(C)C)c1. The zero-order chi connectivity index (χ0) is 12.0. The number of aryl methyl sites for hydroxylation is 2. The molecule has 1 N–H and O–H groups in total. The summed E-state index contributed by atoms with van der Waals surface area (Å²) in [4.78, 5) is 0. The molecule has 1 aromatic rings. The van der Waals surface area contributed by atoms with Crippen LogP contribution in [0.5, 0.6) is 0 Å². The van der Waals surface area contributed by atoms with Crippen LogP contribution in [0.3, 0.4) is 0 Å². The quantitative estimate of drug-likeness (QED) is 0.774. The van der Waals surface area contributed by atoms with Crippen molar-refractivity contribution in [2.45, 2.75) is 52.6 Å². The van der Waals surface area contributed by atoms with Crippen molar-refractivity contribution in [2.75, 3.05) is 0 Å². The molecular weight excluding hydrogens is 196 g/mol. The maximum Gasteiger partial charge on any atom is 0.0543 e. The third-order valence-corrected chi connectivity index (χ3v) is 2.93. The molecule has 0 fully saturated rings. The number of rotatable bonds is 6. The lowest BCUT2D eigenvalue weighted by molar-refractivity contribution is 0.147. The molecule has 1 heteroatoms. The number of aliphatic hydroxyl groups is 1. The van der Waals surface area contributed by atoms with E-state index in [1.165, 1.54) is 11.1 Å². The van der Waals surface area contributed by atoms with Crippen LogP contribution in [0.15, 0.2) is 24.3 Å². The van der Waals surface area contributed by atoms with Gasteiger partial charge in [-0.15, -0.1) is 0 Å². The van der Waals surface area contributed by atoms with Crippen molar-refractivity contribution in [3.05, 3.63) is 35.4 Å². The highest BCUT2D eigenvalue weighted by atomic mass is 16.3. The lowest BCUT2D eigenvalue weighted by Crippen LogP contribution is -2.09. The van der Waals surface area contributed by atoms with Gasteiger partial charge in [-0.2, -0.15) is 0 Å². The fourth-order valence-corrected chi connectivity index (χ4v) is 1.87. The summed E-state index contributed by atoms with van der Waals surface area (Å²) >= 11 is 0. The van der Waals surface area contributed by atoms with Gasteiger partial charge in [-0.3, -0.25) is 0 Å². The van der Waals surface area contributed by atoms with Crippen molar-refractivity contribution in [3.63, 3.8) is 0 Å². The molecule has 0 saturated carbocycles. The number of aliphatic hydroxyl groups excluding tert-OH is 1. The molecule has 0 radical (unpaired) electrons. The highest BCUT2D eigenvalue weighted by Gasteiger charge is 2.05. The molecule has 0 heterocycles. The van der Waals surface area contributed by atoms with Gasteiger partial charge in [0.2, 0.25) is 0 Å². The van der Waals surface area contributed by atoms with Gasteiger partial charge in [-0.25, -0.2) is 0 Å². The Balaban J connectivity index is 2.28. The molecule has 0 bridgehead atoms. The topological polar surface area (TPSA) is 20.2 Å². The summed E-state index contributed by atoms with van der Waals surface area (Å²) in [7, 11) is 0. The van der Waals surface area contributed by atoms with E-state index in [0.717, 1.165) is 25.7 Å². The molecule has 0 amide bonds. The van der Waals surface area contributed by atoms with Crippen LogP contribution >= 0.6 is 0 Å². The molecule has 0 aromatic heterocycles. The number of hydrogen-bond acceptors (Lipinski definition) is 1. The van der Waals surface area contributed by atoms with E-state index < -0.39 is 0 Å². The Bertz CT molecular complexity index is 304. The fourth-order valence-electron chi connectivity index (χ4n) is 1.87. The predicted molar refractivity (Wildman–Crippen MR) is 69.6 cm³/mol. The van der Waals surface area contributed by atoms with Crippen LogP contribution < -0.4 is 0 Å². The summed E-state index contributed by atoms with van der Waals surface area (Å²) in [6, 6.07) is 8.54. The van der Waals surface area contributed by atoms with E-state index in [-0.39, 0.29) is 6.10 Å². The summed E-state index contributed by atoms with van der Waals surface area (Å²) in [5, 5.41) is 9.83. The highest BCUT2D eigenvalue weighted by Crippen LogP contribution is 2.13. The summed E-state index contributed by atoms with van der Waals surface area (Å²) in [5.74, 6) is 0.689. The standard InChI is InChI=1S/C15H24O/c1-12(2)7-9-15(16)10-8-14-6-4-5-13(3)11-14/h4-6,11-12,15-16H,7-10H2,1-3H3. The Morgan fingerprint density at radius 2 is 1.88 bits per heavy atom. The largest absolute Gasteiger partial charge is 0.393 e. The van der Waals surface area contributed by atoms with E-state index in [0.29, 0.717) is 5.92 Å². The van der Waals surface area contributed by atoms with Crippen LogP contribution in [0, 0.1) is 12.8 Å². The smallest absolute Gasteiger partial charge is 0.0543 e. The van der Waals surface area contributed by atoms with Gasteiger partial charge in [0.1, 0.15) is 0 Å². The van der Waals surface area contributed by atoms with E-state index in [9.17, 15) is 5.11 Å². The molecule has 1 rings (SSSR count). The highest BCUT2D eigenvalue weighted by molar-refractivity contribution is 5.22. The predicted octanol–water partition coefficient (Wildman–Crippen LogP) is 3.72. The lowest BCUT2D eigenvalue weighted by Gasteiger charge is -2.12. The molecular formula is C15H24O. The normalized spacial score (nSPS) is 13.1. The Kier molecular flexibility index (Phi) is 5.54. The second kappa shape index (κ2) is 6.70. The van der Waals surface area contributed by atoms with Gasteiger partial charge in [-0.1, -0.05) is 43.7 Å². The monoisotopic (exact) mass is 220 g/mol. The van der Waals surface area contributed by atoms with Crippen molar-refractivity contribution in [2.24, 2.45) is 5.92 Å². The minimum absolute atomic E-state index is 0.136. The second-order valence-electron chi connectivity index (χ2n) is 5.15. The van der Waals surface area contributed by atoms with E-state index >= 15 is 0 Å². The molecule has 90 valence electrons. The average Bonchev–Trinajstić information content (AvgIpc) is 2.23. The van der Waals surface area contributed by atoms with E-state index in [4.69, 9.17) is 0 Å². The van der Waals surface area contributed by atoms with Crippen LogP contribution in [0.1, 0.15) is 44.2 Å². The molecule has 1 aromatic carbocycles. The Hall–Kier alpha value is -0.820. The first-order chi connectivity index (χ1) is 7.58. The maximum absolute atomic E-state index is 9.83. The first-order valence-electron chi connectivity index (χ1n) is 6.31. The first-order valence-corrected chi connectivity index (χ1v) is 6.31. The first kappa shape index (κ1) is 13.2. The summed E-state index contributed by atoms with van der Waals surface area (Å²) in [6.45, 7) is 6.51. The van der Waals surface area contributed by atoms with Gasteiger partial charge in [-0.05, 0) is 44.1 Å². The molecule has 1 unspecified atom stereocenters. The lowest BCUT2D eigenvalue weighted by atomic mass is 9.99. The molecule has 0 aliphatic heterocycles. The van der Waals surface area contributed by atoms with Crippen LogP contribution in [0.25, 0.3) is 0 Å². The molecule has 1 atom stereocenters. The van der Waals surface area contributed by atoms with E-state index in [1.807, 2.05) is 0 Å². The molecule has 0 aliphatic rings. The molecule has 1 nitrogen and oxygen atoms in total. The number of benzene rings is 1. The molecule has 0 saturated heterocycles. The summed E-state index contributed by atoms with van der Waals surface area (Å²) in [6.07, 6.45) is 3.79. The Morgan fingerprint density at radius 1 is 1.12 bits per heavy atom. The van der Waals surface area contributed by atoms with Gasteiger partial charge in [0.25, 0.3) is 0 Å². The van der Waals surface area contributed by atoms with E-state index in [2.05, 4.69) is 45.0 Å². The maximum atomic E-state index is 9.83. The average molecular weight is 220 g/mol. The van der Waals surface area contributed by atoms with Gasteiger partial charge in [0, 0.05) is 0 Å². The molecule has 16 heavy (non-hydrogen) atoms. The Labute approximate surface area is 99.5 Å². The van der Waals surface area contributed by atoms with Crippen molar-refractivity contribution >= 4 is 0 Å². The fraction of sp³-hybridized carbons (Fsp3) is 0.600. The third kappa shape index (κ3) is 5.32. The Morgan fingerprint density at radius 3 is 2.50 bits per heavy atom. The van der Waals surface area contributed by atoms with Crippen LogP contribution in [-0.4, -0.2) is 11.2 Å². The van der Waals surface area contributed by atoms with Crippen LogP contribution in [0.4, 0.5) is 0 Å². The minimum atomic E-state index is -0.136. The van der Waals surface area contributed by atoms with Crippen molar-refractivity contribution < 1.29 is 5.11 Å². The van der Waals surface area contributed by atoms with E-state index in [1.54, 1.807) is 0 Å². The summed E-state index contributed by atoms with van der Waals surface area (Å²) in [5.41, 5.74) is 2.64. The van der Waals surface area contributed by atoms with Gasteiger partial charge < -0.3 is 5.11 Å². The van der Waals surface area contributed by atoms with Crippen molar-refractivity contribution in [3.8, 4) is 0 Å². The third-order valence-electron chi connectivity index (χ3n) is 2.93. The summed E-state index contributed by atoms with van der Waals surface area (Å²) < 4.78 is 0. The minimum Gasteiger partial charge on any atom is -0.393 e. The van der Waals surface area contributed by atoms with Crippen molar-refractivity contribution in [1.29, 1.82) is 0 Å². The molecule has 0 aliphatic carbocycles. The molecule has 0 spiro atoms. The van der Waals surface area contributed by atoms with Crippen molar-refractivity contribution in [1.82, 2.24) is 0 Å². The second-order valence-corrected chi connectivity index (χ2v) is 5.15. The zero-order valence-corrected chi connectivity index (χ0v) is 10.7. The van der Waals surface area contributed by atoms with Crippen LogP contribution in [0.2, 0.25) is 0 Å². The zero-order valence-electron chi connectivity index (χ0n) is 10.7. The number of hydrogen-bond donors (Lipinski definition) is 1.